The van der Waals surface area contributed by atoms with Crippen molar-refractivity contribution in [3.05, 3.63) is 87.7 Å². The Morgan fingerprint density at radius 1 is 1.14 bits per heavy atom. The molecule has 1 aliphatic heterocycles. The first kappa shape index (κ1) is 24.9. The Balaban J connectivity index is 1.64. The third-order valence-corrected chi connectivity index (χ3v) is 6.24. The van der Waals surface area contributed by atoms with Crippen LogP contribution in [0, 0.1) is 13.8 Å². The van der Waals surface area contributed by atoms with Crippen LogP contribution in [0.5, 0.6) is 0 Å². The van der Waals surface area contributed by atoms with Gasteiger partial charge in [-0.25, -0.2) is 4.79 Å². The van der Waals surface area contributed by atoms with Gasteiger partial charge in [-0.2, -0.15) is 0 Å². The number of carboxylic acid groups (broad SMARTS) is 1. The van der Waals surface area contributed by atoms with Gasteiger partial charge in [-0.15, -0.1) is 0 Å². The standard InChI is InChI=1S/C27H27N3O6/c1-14-21(13-19-18-12-17(26(33)34)9-10-20(18)29-24(19)31)28-15(2)23(14)25(32)30-22(27(35)36-3)11-16-7-5-4-6-8-16/h4-10,12-13,22,27-28,35H,11H2,1-3H3,(H,29,31)(H,30,32)(H,33,34). The SMILES string of the molecule is COC(O)C(Cc1ccccc1)NC(=O)c1c(C)[nH]c(C=C2C(=O)Nc3ccc(C(=O)O)cc32)c1C. The number of rotatable bonds is 8. The zero-order valence-electron chi connectivity index (χ0n) is 20.1. The fraction of sp³-hybridized carbons (Fsp3) is 0.222. The predicted octanol–water partition coefficient (Wildman–Crippen LogP) is 3.13. The number of hydrogen-bond acceptors (Lipinski definition) is 5. The normalized spacial score (nSPS) is 15.3. The van der Waals surface area contributed by atoms with Crippen molar-refractivity contribution in [1.82, 2.24) is 10.3 Å². The number of aromatic amines is 1. The molecule has 0 fully saturated rings. The first-order valence-corrected chi connectivity index (χ1v) is 11.3. The van der Waals surface area contributed by atoms with Crippen LogP contribution >= 0.6 is 0 Å². The maximum Gasteiger partial charge on any atom is 0.335 e. The molecule has 2 aromatic carbocycles. The first-order chi connectivity index (χ1) is 17.2. The van der Waals surface area contributed by atoms with Gasteiger partial charge in [0.25, 0.3) is 11.8 Å². The van der Waals surface area contributed by atoms with Crippen molar-refractivity contribution in [2.45, 2.75) is 32.6 Å². The van der Waals surface area contributed by atoms with Gasteiger partial charge in [0.05, 0.1) is 22.7 Å². The van der Waals surface area contributed by atoms with Gasteiger partial charge in [0.2, 0.25) is 0 Å². The van der Waals surface area contributed by atoms with E-state index in [0.29, 0.717) is 45.8 Å². The number of aromatic nitrogens is 1. The number of carbonyl (C=O) groups is 3. The Kier molecular flexibility index (Phi) is 7.05. The van der Waals surface area contributed by atoms with Gasteiger partial charge in [-0.3, -0.25) is 9.59 Å². The monoisotopic (exact) mass is 489 g/mol. The maximum atomic E-state index is 13.3. The zero-order valence-corrected chi connectivity index (χ0v) is 20.1. The molecule has 2 amide bonds. The molecule has 2 atom stereocenters. The third kappa shape index (κ3) is 4.93. The summed E-state index contributed by atoms with van der Waals surface area (Å²) in [5.41, 5.74) is 4.41. The summed E-state index contributed by atoms with van der Waals surface area (Å²) < 4.78 is 5.08. The summed E-state index contributed by atoms with van der Waals surface area (Å²) in [7, 11) is 1.37. The number of hydrogen-bond donors (Lipinski definition) is 5. The second-order valence-corrected chi connectivity index (χ2v) is 8.64. The Morgan fingerprint density at radius 3 is 2.53 bits per heavy atom. The highest BCUT2D eigenvalue weighted by Crippen LogP contribution is 2.34. The Labute approximate surface area is 207 Å². The molecule has 186 valence electrons. The van der Waals surface area contributed by atoms with Crippen LogP contribution in [0.25, 0.3) is 11.6 Å². The minimum Gasteiger partial charge on any atom is -0.478 e. The van der Waals surface area contributed by atoms with E-state index in [1.807, 2.05) is 30.3 Å². The van der Waals surface area contributed by atoms with E-state index in [4.69, 9.17) is 4.74 Å². The molecule has 5 N–H and O–H groups in total. The molecule has 2 unspecified atom stereocenters. The number of carboxylic acids is 1. The molecule has 0 radical (unpaired) electrons. The van der Waals surface area contributed by atoms with Crippen LogP contribution in [-0.2, 0) is 16.0 Å². The second-order valence-electron chi connectivity index (χ2n) is 8.64. The fourth-order valence-electron chi connectivity index (χ4n) is 4.36. The number of methoxy groups -OCH3 is 1. The van der Waals surface area contributed by atoms with Gasteiger partial charge < -0.3 is 30.6 Å². The van der Waals surface area contributed by atoms with E-state index < -0.39 is 24.2 Å². The Bertz CT molecular complexity index is 1360. The predicted molar refractivity (Wildman–Crippen MR) is 135 cm³/mol. The summed E-state index contributed by atoms with van der Waals surface area (Å²) in [6, 6.07) is 13.2. The van der Waals surface area contributed by atoms with Crippen molar-refractivity contribution >= 4 is 35.1 Å². The lowest BCUT2D eigenvalue weighted by Crippen LogP contribution is -2.45. The number of H-pyrrole nitrogens is 1. The quantitative estimate of drug-likeness (QED) is 0.243. The van der Waals surface area contributed by atoms with Crippen molar-refractivity contribution < 1.29 is 29.3 Å². The van der Waals surface area contributed by atoms with Crippen molar-refractivity contribution in [2.24, 2.45) is 0 Å². The van der Waals surface area contributed by atoms with Gasteiger partial charge >= 0.3 is 5.97 Å². The number of benzene rings is 2. The number of aliphatic hydroxyl groups excluding tert-OH is 1. The number of carbonyl (C=O) groups excluding carboxylic acids is 2. The molecular formula is C27H27N3O6. The summed E-state index contributed by atoms with van der Waals surface area (Å²) in [6.45, 7) is 3.50. The number of nitrogens with one attached hydrogen (secondary N) is 3. The summed E-state index contributed by atoms with van der Waals surface area (Å²) in [4.78, 5) is 40.4. The molecule has 36 heavy (non-hydrogen) atoms. The Morgan fingerprint density at radius 2 is 1.86 bits per heavy atom. The highest BCUT2D eigenvalue weighted by atomic mass is 16.6. The minimum absolute atomic E-state index is 0.0664. The number of fused-ring (bicyclic) bond motifs is 1. The Hall–Kier alpha value is -4.21. The van der Waals surface area contributed by atoms with E-state index in [2.05, 4.69) is 15.6 Å². The van der Waals surface area contributed by atoms with Crippen LogP contribution in [0.1, 0.15) is 48.8 Å². The molecule has 3 aromatic rings. The number of aliphatic hydroxyl groups is 1. The average molecular weight is 490 g/mol. The molecule has 0 spiro atoms. The molecule has 4 rings (SSSR count). The zero-order chi connectivity index (χ0) is 26.0. The van der Waals surface area contributed by atoms with Crippen LogP contribution in [0.2, 0.25) is 0 Å². The molecule has 0 bridgehead atoms. The number of ether oxygens (including phenoxy) is 1. The number of aryl methyl sites for hydroxylation is 1. The number of aromatic carboxylic acids is 1. The number of amides is 2. The van der Waals surface area contributed by atoms with Crippen molar-refractivity contribution in [2.75, 3.05) is 12.4 Å². The lowest BCUT2D eigenvalue weighted by Gasteiger charge is -2.23. The van der Waals surface area contributed by atoms with Crippen LogP contribution in [0.4, 0.5) is 5.69 Å². The van der Waals surface area contributed by atoms with Gasteiger partial charge in [0.1, 0.15) is 0 Å². The van der Waals surface area contributed by atoms with E-state index in [-0.39, 0.29) is 11.5 Å². The first-order valence-electron chi connectivity index (χ1n) is 11.3. The smallest absolute Gasteiger partial charge is 0.335 e. The van der Waals surface area contributed by atoms with Crippen molar-refractivity contribution in [3.8, 4) is 0 Å². The molecule has 0 saturated carbocycles. The van der Waals surface area contributed by atoms with Crippen molar-refractivity contribution in [3.63, 3.8) is 0 Å². The van der Waals surface area contributed by atoms with Gasteiger partial charge in [0.15, 0.2) is 6.29 Å². The maximum absolute atomic E-state index is 13.3. The highest BCUT2D eigenvalue weighted by molar-refractivity contribution is 6.35. The third-order valence-electron chi connectivity index (χ3n) is 6.24. The molecule has 0 aliphatic carbocycles. The van der Waals surface area contributed by atoms with E-state index in [0.717, 1.165) is 5.56 Å². The van der Waals surface area contributed by atoms with Crippen LogP contribution in [-0.4, -0.2) is 52.4 Å². The van der Waals surface area contributed by atoms with E-state index in [9.17, 15) is 24.6 Å². The summed E-state index contributed by atoms with van der Waals surface area (Å²) in [5, 5.41) is 25.3. The number of anilines is 1. The molecule has 9 heteroatoms. The topological polar surface area (TPSA) is 141 Å². The van der Waals surface area contributed by atoms with Crippen molar-refractivity contribution in [1.29, 1.82) is 0 Å². The highest BCUT2D eigenvalue weighted by Gasteiger charge is 2.28. The van der Waals surface area contributed by atoms with Gasteiger partial charge in [-0.05, 0) is 55.7 Å². The summed E-state index contributed by atoms with van der Waals surface area (Å²) in [6.07, 6.45) is 0.763. The molecule has 2 heterocycles. The lowest BCUT2D eigenvalue weighted by atomic mass is 10.0. The summed E-state index contributed by atoms with van der Waals surface area (Å²) >= 11 is 0. The largest absolute Gasteiger partial charge is 0.478 e. The molecule has 0 saturated heterocycles. The van der Waals surface area contributed by atoms with Crippen LogP contribution in [0.15, 0.2) is 48.5 Å². The van der Waals surface area contributed by atoms with E-state index >= 15 is 0 Å². The molecule has 9 nitrogen and oxygen atoms in total. The molecule has 1 aliphatic rings. The van der Waals surface area contributed by atoms with Crippen LogP contribution in [0.3, 0.4) is 0 Å². The van der Waals surface area contributed by atoms with Gasteiger partial charge in [-0.1, -0.05) is 30.3 Å². The lowest BCUT2D eigenvalue weighted by molar-refractivity contribution is -0.110. The average Bonchev–Trinajstić information content (AvgIpc) is 3.32. The van der Waals surface area contributed by atoms with E-state index in [1.165, 1.54) is 19.2 Å². The summed E-state index contributed by atoms with van der Waals surface area (Å²) in [5.74, 6) is -1.85. The van der Waals surface area contributed by atoms with Gasteiger partial charge in [0, 0.05) is 29.7 Å². The molecule has 1 aromatic heterocycles. The van der Waals surface area contributed by atoms with Crippen LogP contribution < -0.4 is 10.6 Å². The second kappa shape index (κ2) is 10.2. The minimum atomic E-state index is -1.21. The molecular weight excluding hydrogens is 462 g/mol. The van der Waals surface area contributed by atoms with E-state index in [1.54, 1.807) is 26.0 Å². The fourth-order valence-corrected chi connectivity index (χ4v) is 4.36.